The number of rotatable bonds is 2. The number of carbonyl (C=O) groups is 1. The van der Waals surface area contributed by atoms with Crippen LogP contribution in [0.3, 0.4) is 0 Å². The van der Waals surface area contributed by atoms with Crippen molar-refractivity contribution >= 4 is 33.0 Å². The average Bonchev–Trinajstić information content (AvgIpc) is 2.30. The topological polar surface area (TPSA) is 114 Å². The van der Waals surface area contributed by atoms with E-state index in [2.05, 4.69) is 45.7 Å². The zero-order valence-corrected chi connectivity index (χ0v) is 12.0. The van der Waals surface area contributed by atoms with Crippen LogP contribution in [-0.4, -0.2) is 70.4 Å². The van der Waals surface area contributed by atoms with Crippen LogP contribution in [-0.2, 0) is 4.79 Å². The fourth-order valence-corrected chi connectivity index (χ4v) is 2.11. The van der Waals surface area contributed by atoms with Crippen molar-refractivity contribution in [3.05, 3.63) is 24.3 Å². The summed E-state index contributed by atoms with van der Waals surface area (Å²) in [5, 5.41) is 0. The normalized spacial score (nSPS) is 13.9. The number of hydrogen-bond acceptors (Lipinski definition) is 5. The van der Waals surface area contributed by atoms with E-state index < -0.39 is 0 Å². The first-order valence-electron chi connectivity index (χ1n) is 5.05. The molecule has 1 aliphatic rings. The van der Waals surface area contributed by atoms with E-state index in [1.165, 1.54) is 10.1 Å². The average molecular weight is 313 g/mol. The van der Waals surface area contributed by atoms with E-state index in [4.69, 9.17) is 0 Å². The van der Waals surface area contributed by atoms with Gasteiger partial charge in [-0.3, -0.25) is 0 Å². The molecule has 2 rings (SSSR count). The summed E-state index contributed by atoms with van der Waals surface area (Å²) in [4.78, 5) is 14.7. The van der Waals surface area contributed by atoms with Gasteiger partial charge in [-0.2, -0.15) is 0 Å². The molecule has 3 N–H and O–H groups in total. The first kappa shape index (κ1) is 19.3. The summed E-state index contributed by atoms with van der Waals surface area (Å²) in [6, 6.07) is 8.54. The number of amides is 1. The van der Waals surface area contributed by atoms with Gasteiger partial charge >= 0.3 is 98.0 Å². The molecule has 98 valence electrons. The van der Waals surface area contributed by atoms with Gasteiger partial charge in [0.2, 0.25) is 0 Å². The van der Waals surface area contributed by atoms with Gasteiger partial charge in [0.05, 0.1) is 0 Å². The Bertz CT molecular complexity index is 339. The summed E-state index contributed by atoms with van der Waals surface area (Å²) >= 11 is 2.09. The molecule has 1 aliphatic heterocycles. The molecule has 7 heteroatoms. The van der Waals surface area contributed by atoms with Gasteiger partial charge in [-0.05, 0) is 0 Å². The van der Waals surface area contributed by atoms with Gasteiger partial charge in [-0.1, -0.05) is 0 Å². The zero-order valence-electron chi connectivity index (χ0n) is 9.86. The van der Waals surface area contributed by atoms with Crippen LogP contribution in [0.1, 0.15) is 0 Å². The Morgan fingerprint density at radius 3 is 1.89 bits per heavy atom. The van der Waals surface area contributed by atoms with E-state index in [0.29, 0.717) is 0 Å². The molecule has 1 aromatic rings. The molecule has 0 spiro atoms. The number of piperazine rings is 1. The van der Waals surface area contributed by atoms with Crippen LogP contribution in [0.4, 0.5) is 5.69 Å². The predicted molar refractivity (Wildman–Crippen MR) is 67.5 cm³/mol. The predicted octanol–water partition coefficient (Wildman–Crippen LogP) is -0.772. The first-order valence-corrected chi connectivity index (χ1v) is 6.10. The molecule has 1 saturated heterocycles. The second kappa shape index (κ2) is 8.92. The minimum Gasteiger partial charge on any atom is -0.870 e. The maximum Gasteiger partial charge on any atom is -0.870 e. The third kappa shape index (κ3) is 4.65. The Morgan fingerprint density at radius 2 is 1.44 bits per heavy atom. The number of anilines is 1. The second-order valence-electron chi connectivity index (χ2n) is 3.68. The Morgan fingerprint density at radius 1 is 0.944 bits per heavy atom. The fourth-order valence-electron chi connectivity index (χ4n) is 1.76. The number of nitrogens with zero attached hydrogens (tertiary/aromatic N) is 2. The van der Waals surface area contributed by atoms with E-state index >= 15 is 0 Å². The number of carbonyl (C=O) groups excluding carboxylic acids is 1. The van der Waals surface area contributed by atoms with Crippen LogP contribution >= 0.6 is 0 Å². The maximum absolute atomic E-state index is 10.6. The minimum atomic E-state index is 0. The first-order chi connectivity index (χ1) is 7.29. The van der Waals surface area contributed by atoms with Crippen molar-refractivity contribution in [2.45, 2.75) is 0 Å². The van der Waals surface area contributed by atoms with Crippen molar-refractivity contribution in [1.82, 2.24) is 4.90 Å². The molecule has 0 atom stereocenters. The molecule has 1 heterocycles. The Kier molecular flexibility index (Phi) is 9.55. The van der Waals surface area contributed by atoms with Gasteiger partial charge < -0.3 is 16.4 Å². The summed E-state index contributed by atoms with van der Waals surface area (Å²) < 4.78 is 1.28. The van der Waals surface area contributed by atoms with Crippen molar-refractivity contribution in [3.63, 3.8) is 0 Å². The number of benzene rings is 1. The zero-order chi connectivity index (χ0) is 10.7. The third-order valence-corrected chi connectivity index (χ3v) is 3.40. The summed E-state index contributed by atoms with van der Waals surface area (Å²) in [7, 11) is 0. The summed E-state index contributed by atoms with van der Waals surface area (Å²) in [5.74, 6) is 0. The number of hydrogen-bond donors (Lipinski definition) is 0. The Hall–Kier alpha value is -1.09. The SMILES string of the molecule is O=CN1CCN(c2cc[c]([Ge+3])cc2)CC1.[OH-].[OH-].[OH-]. The fraction of sp³-hybridized carbons (Fsp3) is 0.364. The molecule has 1 amide bonds. The molecular formula is C11H16GeN2O4. The standard InChI is InChI=1S/C11H13GeN2O.3H2O/c12-10-1-3-11(4-2-10)14-7-5-13(9-15)6-8-14;;;/h1-4,9H,5-8H2;3*1H2/q+3;;;/p-3. The molecule has 1 aromatic carbocycles. The quantitative estimate of drug-likeness (QED) is 0.525. The molecule has 0 radical (unpaired) electrons. The van der Waals surface area contributed by atoms with Crippen molar-refractivity contribution in [3.8, 4) is 0 Å². The van der Waals surface area contributed by atoms with Gasteiger partial charge in [0.15, 0.2) is 0 Å². The van der Waals surface area contributed by atoms with Gasteiger partial charge in [-0.25, -0.2) is 0 Å². The van der Waals surface area contributed by atoms with Gasteiger partial charge in [0, 0.05) is 0 Å². The molecular weight excluding hydrogens is 297 g/mol. The molecule has 1 fully saturated rings. The Labute approximate surface area is 115 Å². The molecule has 6 nitrogen and oxygen atoms in total. The van der Waals surface area contributed by atoms with Crippen molar-refractivity contribution in [1.29, 1.82) is 0 Å². The second-order valence-corrected chi connectivity index (χ2v) is 4.89. The van der Waals surface area contributed by atoms with E-state index in [1.54, 1.807) is 0 Å². The largest absolute Gasteiger partial charge is 0.870 e. The van der Waals surface area contributed by atoms with Crippen LogP contribution in [0.2, 0.25) is 0 Å². The molecule has 0 aromatic heterocycles. The van der Waals surface area contributed by atoms with Crippen molar-refractivity contribution in [2.24, 2.45) is 0 Å². The van der Waals surface area contributed by atoms with E-state index in [0.717, 1.165) is 32.6 Å². The van der Waals surface area contributed by atoms with E-state index in [-0.39, 0.29) is 16.4 Å². The van der Waals surface area contributed by atoms with E-state index in [1.807, 2.05) is 4.90 Å². The Balaban J connectivity index is 0. The smallest absolute Gasteiger partial charge is 0.870 e. The molecule has 0 bridgehead atoms. The summed E-state index contributed by atoms with van der Waals surface area (Å²) in [5.41, 5.74) is 1.26. The van der Waals surface area contributed by atoms with E-state index in [9.17, 15) is 4.79 Å². The van der Waals surface area contributed by atoms with Gasteiger partial charge in [-0.15, -0.1) is 0 Å². The maximum atomic E-state index is 10.6. The van der Waals surface area contributed by atoms with Crippen LogP contribution < -0.4 is 9.30 Å². The van der Waals surface area contributed by atoms with Gasteiger partial charge in [0.25, 0.3) is 0 Å². The van der Waals surface area contributed by atoms with Crippen molar-refractivity contribution < 1.29 is 21.2 Å². The van der Waals surface area contributed by atoms with Gasteiger partial charge in [0.1, 0.15) is 0 Å². The van der Waals surface area contributed by atoms with Crippen molar-refractivity contribution in [2.75, 3.05) is 31.1 Å². The van der Waals surface area contributed by atoms with Crippen LogP contribution in [0, 0.1) is 0 Å². The minimum absolute atomic E-state index is 0. The van der Waals surface area contributed by atoms with Crippen LogP contribution in [0.5, 0.6) is 0 Å². The van der Waals surface area contributed by atoms with Crippen LogP contribution in [0.25, 0.3) is 0 Å². The third-order valence-electron chi connectivity index (χ3n) is 2.70. The molecule has 18 heavy (non-hydrogen) atoms. The summed E-state index contributed by atoms with van der Waals surface area (Å²) in [6.07, 6.45) is 0.937. The molecule has 0 aliphatic carbocycles. The van der Waals surface area contributed by atoms with Crippen LogP contribution in [0.15, 0.2) is 24.3 Å². The summed E-state index contributed by atoms with van der Waals surface area (Å²) in [6.45, 7) is 3.53. The molecule has 0 unspecified atom stereocenters. The molecule has 0 saturated carbocycles. The monoisotopic (exact) mass is 314 g/mol.